The molecule has 0 spiro atoms. The van der Waals surface area contributed by atoms with Gasteiger partial charge in [0.15, 0.2) is 0 Å². The third-order valence-corrected chi connectivity index (χ3v) is 3.57. The number of nitrogens with one attached hydrogen (secondary N) is 1. The molecular weight excluding hydrogens is 284 g/mol. The predicted octanol–water partition coefficient (Wildman–Crippen LogP) is 3.45. The molecule has 0 bridgehead atoms. The van der Waals surface area contributed by atoms with E-state index in [2.05, 4.69) is 18.7 Å². The zero-order valence-electron chi connectivity index (χ0n) is 9.48. The Kier molecular flexibility index (Phi) is 8.39. The van der Waals surface area contributed by atoms with Gasteiger partial charge in [0, 0.05) is 10.8 Å². The molecule has 4 heteroatoms. The first-order chi connectivity index (χ1) is 7.20. The lowest BCUT2D eigenvalue weighted by Gasteiger charge is -1.93. The molecule has 2 nitrogen and oxygen atoms in total. The largest absolute Gasteiger partial charge is 0.384 e. The average molecular weight is 303 g/mol. The first-order valence-electron chi connectivity index (χ1n) is 5.21. The van der Waals surface area contributed by atoms with E-state index in [1.807, 2.05) is 30.3 Å². The van der Waals surface area contributed by atoms with Crippen LogP contribution in [0.15, 0.2) is 30.3 Å². The standard InChI is InChI=1S/C7H8N2.C5H10S.BrH/c8-7(9)6-4-2-1-3-5-6;1-5-3-2-4-6-5;/h1-5H,(H3,8,9);5H,2-4H2,1H3;1H. The minimum Gasteiger partial charge on any atom is -0.384 e. The molecule has 1 aliphatic heterocycles. The molecule has 0 saturated carbocycles. The van der Waals surface area contributed by atoms with E-state index in [9.17, 15) is 0 Å². The highest BCUT2D eigenvalue weighted by Gasteiger charge is 2.07. The number of hydrogen-bond donors (Lipinski definition) is 2. The fourth-order valence-electron chi connectivity index (χ4n) is 1.36. The Morgan fingerprint density at radius 3 is 2.25 bits per heavy atom. The van der Waals surface area contributed by atoms with Crippen molar-refractivity contribution in [3.05, 3.63) is 35.9 Å². The molecule has 1 aromatic rings. The van der Waals surface area contributed by atoms with Gasteiger partial charge >= 0.3 is 0 Å². The van der Waals surface area contributed by atoms with E-state index in [0.29, 0.717) is 0 Å². The van der Waals surface area contributed by atoms with Gasteiger partial charge in [-0.25, -0.2) is 0 Å². The Labute approximate surface area is 112 Å². The van der Waals surface area contributed by atoms with Gasteiger partial charge in [0.2, 0.25) is 0 Å². The van der Waals surface area contributed by atoms with E-state index in [1.54, 1.807) is 0 Å². The topological polar surface area (TPSA) is 49.9 Å². The highest BCUT2D eigenvalue weighted by molar-refractivity contribution is 8.93. The van der Waals surface area contributed by atoms with Crippen molar-refractivity contribution >= 4 is 34.6 Å². The molecule has 90 valence electrons. The first kappa shape index (κ1) is 15.5. The second-order valence-electron chi connectivity index (χ2n) is 3.60. The Hall–Kier alpha value is -0.480. The Morgan fingerprint density at radius 1 is 1.38 bits per heavy atom. The van der Waals surface area contributed by atoms with Gasteiger partial charge in [-0.15, -0.1) is 17.0 Å². The normalized spacial score (nSPS) is 17.9. The smallest absolute Gasteiger partial charge is 0.122 e. The number of halogens is 1. The maximum absolute atomic E-state index is 7.01. The molecule has 0 amide bonds. The molecule has 1 atom stereocenters. The first-order valence-corrected chi connectivity index (χ1v) is 6.26. The molecule has 1 aliphatic rings. The van der Waals surface area contributed by atoms with Gasteiger partial charge < -0.3 is 5.73 Å². The number of nitrogen functional groups attached to an aromatic ring is 1. The van der Waals surface area contributed by atoms with Crippen LogP contribution in [0.3, 0.4) is 0 Å². The van der Waals surface area contributed by atoms with Gasteiger partial charge in [-0.2, -0.15) is 11.8 Å². The lowest BCUT2D eigenvalue weighted by Crippen LogP contribution is -2.10. The molecule has 0 aromatic heterocycles. The van der Waals surface area contributed by atoms with Crippen LogP contribution in [0.4, 0.5) is 0 Å². The van der Waals surface area contributed by atoms with E-state index in [-0.39, 0.29) is 22.8 Å². The van der Waals surface area contributed by atoms with Crippen LogP contribution in [0.5, 0.6) is 0 Å². The monoisotopic (exact) mass is 302 g/mol. The average Bonchev–Trinajstić information content (AvgIpc) is 2.71. The molecule has 1 saturated heterocycles. The number of benzene rings is 1. The molecule has 1 fully saturated rings. The van der Waals surface area contributed by atoms with Crippen LogP contribution in [-0.4, -0.2) is 16.8 Å². The SMILES string of the molecule is Br.CC1CCCS1.N=C(N)c1ccccc1. The second kappa shape index (κ2) is 8.65. The molecule has 2 rings (SSSR count). The molecule has 0 aliphatic carbocycles. The number of nitrogens with two attached hydrogens (primary N) is 1. The quantitative estimate of drug-likeness (QED) is 0.616. The fourth-order valence-corrected chi connectivity index (χ4v) is 2.43. The summed E-state index contributed by atoms with van der Waals surface area (Å²) in [6.45, 7) is 2.30. The molecule has 3 N–H and O–H groups in total. The van der Waals surface area contributed by atoms with E-state index in [4.69, 9.17) is 11.1 Å². The van der Waals surface area contributed by atoms with Crippen molar-refractivity contribution in [2.75, 3.05) is 5.75 Å². The van der Waals surface area contributed by atoms with Crippen LogP contribution in [-0.2, 0) is 0 Å². The highest BCUT2D eigenvalue weighted by atomic mass is 79.9. The van der Waals surface area contributed by atoms with Gasteiger partial charge in [0.1, 0.15) is 5.84 Å². The van der Waals surface area contributed by atoms with Crippen LogP contribution < -0.4 is 5.73 Å². The van der Waals surface area contributed by atoms with Crippen molar-refractivity contribution in [2.45, 2.75) is 25.0 Å². The zero-order valence-corrected chi connectivity index (χ0v) is 12.0. The molecule has 16 heavy (non-hydrogen) atoms. The van der Waals surface area contributed by atoms with E-state index >= 15 is 0 Å². The predicted molar refractivity (Wildman–Crippen MR) is 78.9 cm³/mol. The van der Waals surface area contributed by atoms with Gasteiger partial charge in [0.25, 0.3) is 0 Å². The number of thioether (sulfide) groups is 1. The summed E-state index contributed by atoms with van der Waals surface area (Å²) in [7, 11) is 0. The van der Waals surface area contributed by atoms with E-state index in [0.717, 1.165) is 10.8 Å². The van der Waals surface area contributed by atoms with Crippen LogP contribution in [0.1, 0.15) is 25.3 Å². The van der Waals surface area contributed by atoms with Crippen molar-refractivity contribution in [3.8, 4) is 0 Å². The summed E-state index contributed by atoms with van der Waals surface area (Å²) in [5, 5.41) is 7.98. The van der Waals surface area contributed by atoms with Crippen molar-refractivity contribution in [1.29, 1.82) is 5.41 Å². The minimum absolute atomic E-state index is 0. The van der Waals surface area contributed by atoms with Crippen LogP contribution >= 0.6 is 28.7 Å². The zero-order chi connectivity index (χ0) is 11.1. The molecule has 1 unspecified atom stereocenters. The lowest BCUT2D eigenvalue weighted by molar-refractivity contribution is 0.838. The highest BCUT2D eigenvalue weighted by Crippen LogP contribution is 2.24. The third kappa shape index (κ3) is 6.18. The maximum Gasteiger partial charge on any atom is 0.122 e. The maximum atomic E-state index is 7.01. The summed E-state index contributed by atoms with van der Waals surface area (Å²) in [6, 6.07) is 9.23. The number of rotatable bonds is 1. The lowest BCUT2D eigenvalue weighted by atomic mass is 10.2. The summed E-state index contributed by atoms with van der Waals surface area (Å²) in [5.41, 5.74) is 5.97. The number of hydrogen-bond acceptors (Lipinski definition) is 2. The Balaban J connectivity index is 0.000000283. The second-order valence-corrected chi connectivity index (χ2v) is 5.15. The Bertz CT molecular complexity index is 297. The molecular formula is C12H19BrN2S. The third-order valence-electron chi connectivity index (χ3n) is 2.24. The Morgan fingerprint density at radius 2 is 2.00 bits per heavy atom. The summed E-state index contributed by atoms with van der Waals surface area (Å²) in [5.74, 6) is 1.52. The van der Waals surface area contributed by atoms with Gasteiger partial charge in [-0.05, 0) is 18.6 Å². The summed E-state index contributed by atoms with van der Waals surface area (Å²) in [6.07, 6.45) is 2.90. The molecule has 0 radical (unpaired) electrons. The van der Waals surface area contributed by atoms with Gasteiger partial charge in [0.05, 0.1) is 0 Å². The minimum atomic E-state index is 0. The van der Waals surface area contributed by atoms with Crippen molar-refractivity contribution < 1.29 is 0 Å². The number of amidine groups is 1. The summed E-state index contributed by atoms with van der Waals surface area (Å²) < 4.78 is 0. The molecule has 1 heterocycles. The van der Waals surface area contributed by atoms with Crippen molar-refractivity contribution in [1.82, 2.24) is 0 Å². The van der Waals surface area contributed by atoms with E-state index in [1.165, 1.54) is 18.6 Å². The van der Waals surface area contributed by atoms with Crippen LogP contribution in [0, 0.1) is 5.41 Å². The van der Waals surface area contributed by atoms with Crippen molar-refractivity contribution in [2.24, 2.45) is 5.73 Å². The van der Waals surface area contributed by atoms with Crippen molar-refractivity contribution in [3.63, 3.8) is 0 Å². The summed E-state index contributed by atoms with van der Waals surface area (Å²) >= 11 is 2.10. The van der Waals surface area contributed by atoms with Crippen LogP contribution in [0.2, 0.25) is 0 Å². The van der Waals surface area contributed by atoms with Crippen LogP contribution in [0.25, 0.3) is 0 Å². The van der Waals surface area contributed by atoms with Gasteiger partial charge in [-0.3, -0.25) is 5.41 Å². The molecule has 1 aromatic carbocycles. The van der Waals surface area contributed by atoms with Gasteiger partial charge in [-0.1, -0.05) is 37.3 Å². The summed E-state index contributed by atoms with van der Waals surface area (Å²) in [4.78, 5) is 0. The van der Waals surface area contributed by atoms with E-state index < -0.39 is 0 Å². The fraction of sp³-hybridized carbons (Fsp3) is 0.417.